The van der Waals surface area contributed by atoms with Crippen molar-refractivity contribution in [2.45, 2.75) is 13.8 Å². The molecule has 0 spiro atoms. The fourth-order valence-electron chi connectivity index (χ4n) is 2.83. The van der Waals surface area contributed by atoms with E-state index in [1.807, 2.05) is 26.0 Å². The molecule has 0 aliphatic carbocycles. The summed E-state index contributed by atoms with van der Waals surface area (Å²) in [5.41, 5.74) is 0.969. The van der Waals surface area contributed by atoms with Crippen LogP contribution in [-0.4, -0.2) is 27.4 Å². The van der Waals surface area contributed by atoms with Crippen LogP contribution in [0.25, 0.3) is 22.3 Å². The third-order valence-electron chi connectivity index (χ3n) is 4.06. The largest absolute Gasteiger partial charge is 0.493 e. The molecule has 0 atom stereocenters. The highest BCUT2D eigenvalue weighted by Crippen LogP contribution is 2.35. The molecule has 2 aromatic carbocycles. The van der Waals surface area contributed by atoms with Crippen molar-refractivity contribution in [1.82, 2.24) is 0 Å². The number of benzene rings is 2. The summed E-state index contributed by atoms with van der Waals surface area (Å²) in [6.07, 6.45) is 0. The van der Waals surface area contributed by atoms with Gasteiger partial charge < -0.3 is 23.4 Å². The summed E-state index contributed by atoms with van der Waals surface area (Å²) in [6, 6.07) is 10.2. The molecule has 3 aromatic rings. The fraction of sp³-hybridized carbons (Fsp3) is 0.286. The van der Waals surface area contributed by atoms with E-state index >= 15 is 0 Å². The zero-order valence-electron chi connectivity index (χ0n) is 15.8. The van der Waals surface area contributed by atoms with E-state index in [9.17, 15) is 4.79 Å². The standard InChI is InChI=1S/C21H22O6/c1-5-25-16-8-7-13(9-21(16)26-6-2)17-11-15(22)14-10-19(23-3)20(24-4)12-18(14)27-17/h7-12H,5-6H2,1-4H3. The van der Waals surface area contributed by atoms with Crippen molar-refractivity contribution < 1.29 is 23.4 Å². The first-order valence-electron chi connectivity index (χ1n) is 8.71. The van der Waals surface area contributed by atoms with Gasteiger partial charge in [0.15, 0.2) is 28.4 Å². The van der Waals surface area contributed by atoms with Crippen LogP contribution >= 0.6 is 0 Å². The molecule has 0 aliphatic heterocycles. The van der Waals surface area contributed by atoms with Gasteiger partial charge in [0.25, 0.3) is 0 Å². The number of fused-ring (bicyclic) bond motifs is 1. The van der Waals surface area contributed by atoms with Gasteiger partial charge in [0.1, 0.15) is 11.3 Å². The molecule has 3 rings (SSSR count). The van der Waals surface area contributed by atoms with Crippen LogP contribution in [0.15, 0.2) is 45.6 Å². The van der Waals surface area contributed by atoms with Gasteiger partial charge in [-0.2, -0.15) is 0 Å². The van der Waals surface area contributed by atoms with Gasteiger partial charge in [-0.3, -0.25) is 4.79 Å². The lowest BCUT2D eigenvalue weighted by Crippen LogP contribution is -2.02. The lowest BCUT2D eigenvalue weighted by molar-refractivity contribution is 0.288. The van der Waals surface area contributed by atoms with E-state index < -0.39 is 0 Å². The Bertz CT molecular complexity index is 1010. The van der Waals surface area contributed by atoms with Crippen LogP contribution in [0.2, 0.25) is 0 Å². The van der Waals surface area contributed by atoms with E-state index in [-0.39, 0.29) is 5.43 Å². The molecule has 0 fully saturated rings. The van der Waals surface area contributed by atoms with E-state index in [0.29, 0.717) is 52.9 Å². The van der Waals surface area contributed by atoms with E-state index in [0.717, 1.165) is 5.56 Å². The normalized spacial score (nSPS) is 10.7. The van der Waals surface area contributed by atoms with Gasteiger partial charge in [0.2, 0.25) is 0 Å². The Labute approximate surface area is 157 Å². The molecule has 0 radical (unpaired) electrons. The maximum Gasteiger partial charge on any atom is 0.193 e. The molecule has 1 aromatic heterocycles. The van der Waals surface area contributed by atoms with Crippen molar-refractivity contribution in [3.63, 3.8) is 0 Å². The van der Waals surface area contributed by atoms with Gasteiger partial charge in [-0.05, 0) is 38.1 Å². The van der Waals surface area contributed by atoms with Crippen LogP contribution in [0.4, 0.5) is 0 Å². The Hall–Kier alpha value is -3.15. The third kappa shape index (κ3) is 3.69. The average molecular weight is 370 g/mol. The Morgan fingerprint density at radius 2 is 1.48 bits per heavy atom. The Kier molecular flexibility index (Phi) is 5.54. The lowest BCUT2D eigenvalue weighted by atomic mass is 10.1. The average Bonchev–Trinajstić information content (AvgIpc) is 2.68. The molecule has 0 bridgehead atoms. The first-order valence-corrected chi connectivity index (χ1v) is 8.71. The smallest absolute Gasteiger partial charge is 0.193 e. The number of hydrogen-bond donors (Lipinski definition) is 0. The lowest BCUT2D eigenvalue weighted by Gasteiger charge is -2.13. The zero-order chi connectivity index (χ0) is 19.4. The predicted molar refractivity (Wildman–Crippen MR) is 103 cm³/mol. The second-order valence-corrected chi connectivity index (χ2v) is 5.71. The van der Waals surface area contributed by atoms with Gasteiger partial charge in [0.05, 0.1) is 32.8 Å². The topological polar surface area (TPSA) is 67.1 Å². The number of rotatable bonds is 7. The second kappa shape index (κ2) is 8.03. The van der Waals surface area contributed by atoms with Gasteiger partial charge in [0, 0.05) is 17.7 Å². The predicted octanol–water partition coefficient (Wildman–Crippen LogP) is 4.27. The zero-order valence-corrected chi connectivity index (χ0v) is 15.8. The van der Waals surface area contributed by atoms with Crippen LogP contribution in [0.3, 0.4) is 0 Å². The first kappa shape index (κ1) is 18.6. The molecule has 142 valence electrons. The SMILES string of the molecule is CCOc1ccc(-c2cc(=O)c3cc(OC)c(OC)cc3o2)cc1OCC. The van der Waals surface area contributed by atoms with E-state index in [1.165, 1.54) is 20.3 Å². The fourth-order valence-corrected chi connectivity index (χ4v) is 2.83. The molecule has 6 heteroatoms. The van der Waals surface area contributed by atoms with Crippen LogP contribution < -0.4 is 24.4 Å². The molecule has 0 saturated heterocycles. The van der Waals surface area contributed by atoms with Crippen molar-refractivity contribution in [2.75, 3.05) is 27.4 Å². The molecule has 0 aliphatic rings. The summed E-state index contributed by atoms with van der Waals surface area (Å²) in [6.45, 7) is 4.85. The highest BCUT2D eigenvalue weighted by atomic mass is 16.5. The van der Waals surface area contributed by atoms with Gasteiger partial charge in [-0.25, -0.2) is 0 Å². The molecular weight excluding hydrogens is 348 g/mol. The summed E-state index contributed by atoms with van der Waals surface area (Å²) in [7, 11) is 3.06. The minimum atomic E-state index is -0.168. The summed E-state index contributed by atoms with van der Waals surface area (Å²) in [5.74, 6) is 2.66. The molecule has 0 saturated carbocycles. The van der Waals surface area contributed by atoms with Crippen LogP contribution in [-0.2, 0) is 0 Å². The van der Waals surface area contributed by atoms with Crippen LogP contribution in [0.1, 0.15) is 13.8 Å². The molecule has 1 heterocycles. The van der Waals surface area contributed by atoms with E-state index in [1.54, 1.807) is 18.2 Å². The van der Waals surface area contributed by atoms with E-state index in [4.69, 9.17) is 23.4 Å². The quantitative estimate of drug-likeness (QED) is 0.619. The van der Waals surface area contributed by atoms with Crippen molar-refractivity contribution in [2.24, 2.45) is 0 Å². The molecule has 0 N–H and O–H groups in total. The summed E-state index contributed by atoms with van der Waals surface area (Å²) >= 11 is 0. The third-order valence-corrected chi connectivity index (χ3v) is 4.06. The second-order valence-electron chi connectivity index (χ2n) is 5.71. The van der Waals surface area contributed by atoms with Gasteiger partial charge in [-0.1, -0.05) is 0 Å². The molecule has 0 amide bonds. The summed E-state index contributed by atoms with van der Waals surface area (Å²) in [5, 5.41) is 0.423. The summed E-state index contributed by atoms with van der Waals surface area (Å²) in [4.78, 5) is 12.6. The summed E-state index contributed by atoms with van der Waals surface area (Å²) < 4.78 is 27.8. The highest BCUT2D eigenvalue weighted by Gasteiger charge is 2.14. The minimum absolute atomic E-state index is 0.168. The van der Waals surface area contributed by atoms with Crippen molar-refractivity contribution in [1.29, 1.82) is 0 Å². The van der Waals surface area contributed by atoms with E-state index in [2.05, 4.69) is 0 Å². The van der Waals surface area contributed by atoms with Gasteiger partial charge in [-0.15, -0.1) is 0 Å². The Morgan fingerprint density at radius 3 is 2.15 bits per heavy atom. The Morgan fingerprint density at radius 1 is 0.815 bits per heavy atom. The van der Waals surface area contributed by atoms with Crippen LogP contribution in [0.5, 0.6) is 23.0 Å². The Balaban J connectivity index is 2.14. The molecular formula is C21H22O6. The molecule has 6 nitrogen and oxygen atoms in total. The monoisotopic (exact) mass is 370 g/mol. The number of hydrogen-bond acceptors (Lipinski definition) is 6. The maximum absolute atomic E-state index is 12.6. The first-order chi connectivity index (χ1) is 13.1. The van der Waals surface area contributed by atoms with Crippen LogP contribution in [0, 0.1) is 0 Å². The minimum Gasteiger partial charge on any atom is -0.493 e. The number of ether oxygens (including phenoxy) is 4. The molecule has 0 unspecified atom stereocenters. The maximum atomic E-state index is 12.6. The van der Waals surface area contributed by atoms with Crippen molar-refractivity contribution in [3.8, 4) is 34.3 Å². The van der Waals surface area contributed by atoms with Crippen molar-refractivity contribution >= 4 is 11.0 Å². The highest BCUT2D eigenvalue weighted by molar-refractivity contribution is 5.82. The van der Waals surface area contributed by atoms with Gasteiger partial charge >= 0.3 is 0 Å². The molecule has 27 heavy (non-hydrogen) atoms. The van der Waals surface area contributed by atoms with Crippen molar-refractivity contribution in [3.05, 3.63) is 46.6 Å². The number of methoxy groups -OCH3 is 2.